The first-order valence-electron chi connectivity index (χ1n) is 10.2. The lowest BCUT2D eigenvalue weighted by Crippen LogP contribution is -2.47. The molecule has 0 bridgehead atoms. The van der Waals surface area contributed by atoms with E-state index in [1.165, 1.54) is 0 Å². The lowest BCUT2D eigenvalue weighted by atomic mass is 9.88. The van der Waals surface area contributed by atoms with E-state index in [2.05, 4.69) is 32.5 Å². The summed E-state index contributed by atoms with van der Waals surface area (Å²) < 4.78 is 7.24. The Bertz CT molecular complexity index is 830. The number of aromatic nitrogens is 5. The van der Waals surface area contributed by atoms with Crippen LogP contribution in [0.1, 0.15) is 45.1 Å². The maximum absolute atomic E-state index is 10.5. The molecule has 160 valence electrons. The van der Waals surface area contributed by atoms with Crippen molar-refractivity contribution in [3.8, 4) is 0 Å². The molecule has 2 aromatic rings. The number of hydrogen-bond donors (Lipinski definition) is 4. The third-order valence-corrected chi connectivity index (χ3v) is 6.52. The van der Waals surface area contributed by atoms with Crippen molar-refractivity contribution in [2.45, 2.75) is 74.6 Å². The number of hydrogen-bond acceptors (Lipinski definition) is 10. The minimum absolute atomic E-state index is 0.151. The van der Waals surface area contributed by atoms with Gasteiger partial charge in [0.05, 0.1) is 18.2 Å². The number of fused-ring (bicyclic) bond motifs is 1. The van der Waals surface area contributed by atoms with Crippen molar-refractivity contribution in [1.29, 1.82) is 0 Å². The molecule has 0 unspecified atom stereocenters. The zero-order valence-electron chi connectivity index (χ0n) is 16.4. The van der Waals surface area contributed by atoms with Crippen LogP contribution >= 0.6 is 11.8 Å². The Morgan fingerprint density at radius 1 is 1.17 bits per heavy atom. The third-order valence-electron chi connectivity index (χ3n) is 5.47. The van der Waals surface area contributed by atoms with Crippen molar-refractivity contribution in [1.82, 2.24) is 25.0 Å². The largest absolute Gasteiger partial charge is 0.390 e. The molecule has 0 spiro atoms. The molecule has 0 amide bonds. The monoisotopic (exact) mass is 424 g/mol. The topological polar surface area (TPSA) is 138 Å². The molecule has 4 N–H and O–H groups in total. The van der Waals surface area contributed by atoms with E-state index in [9.17, 15) is 15.3 Å². The molecule has 11 heteroatoms. The molecular formula is C18H28N6O4S. The van der Waals surface area contributed by atoms with Gasteiger partial charge in [-0.25, -0.2) is 14.6 Å². The second-order valence-corrected chi connectivity index (χ2v) is 8.68. The molecule has 29 heavy (non-hydrogen) atoms. The molecule has 10 nitrogen and oxygen atoms in total. The third kappa shape index (κ3) is 4.33. The second kappa shape index (κ2) is 9.09. The van der Waals surface area contributed by atoms with E-state index in [0.29, 0.717) is 41.5 Å². The van der Waals surface area contributed by atoms with Crippen LogP contribution in [0.4, 0.5) is 5.82 Å². The Labute approximate surface area is 173 Å². The van der Waals surface area contributed by atoms with Crippen LogP contribution in [0, 0.1) is 0 Å². The summed E-state index contributed by atoms with van der Waals surface area (Å²) in [6, 6.07) is -0.511. The molecule has 1 saturated heterocycles. The predicted octanol–water partition coefficient (Wildman–Crippen LogP) is 0.732. The zero-order valence-corrected chi connectivity index (χ0v) is 17.3. The number of anilines is 1. The van der Waals surface area contributed by atoms with Crippen molar-refractivity contribution in [2.75, 3.05) is 24.2 Å². The summed E-state index contributed by atoms with van der Waals surface area (Å²) in [7, 11) is 0. The van der Waals surface area contributed by atoms with Gasteiger partial charge in [-0.1, -0.05) is 23.9 Å². The second-order valence-electron chi connectivity index (χ2n) is 7.62. The lowest BCUT2D eigenvalue weighted by Gasteiger charge is -2.34. The summed E-state index contributed by atoms with van der Waals surface area (Å²) in [5.41, 5.74) is 1.04. The Morgan fingerprint density at radius 2 is 2.03 bits per heavy atom. The molecule has 4 rings (SSSR count). The van der Waals surface area contributed by atoms with E-state index in [1.807, 2.05) is 0 Å². The number of thioether (sulfide) groups is 1. The van der Waals surface area contributed by atoms with E-state index in [0.717, 1.165) is 31.6 Å². The Hall–Kier alpha value is -1.53. The standard InChI is InChI=1S/C18H28N6O4S/c1-2-8-29-18-20-16(19-9-10-4-3-7-28-10)13-17(21-18)24(23-22-13)11-5-6-12(25)15(27)14(11)26/h10-12,14-15,25-27H,2-9H2,1H3,(H,19,20,21)/t10-,11+,12-,14-,15+/m0/s1. The highest BCUT2D eigenvalue weighted by molar-refractivity contribution is 7.99. The maximum atomic E-state index is 10.5. The summed E-state index contributed by atoms with van der Waals surface area (Å²) >= 11 is 1.55. The van der Waals surface area contributed by atoms with Gasteiger partial charge in [0.2, 0.25) is 0 Å². The van der Waals surface area contributed by atoms with Crippen LogP contribution in [0.5, 0.6) is 0 Å². The molecule has 5 atom stereocenters. The summed E-state index contributed by atoms with van der Waals surface area (Å²) in [5.74, 6) is 1.48. The number of nitrogens with one attached hydrogen (secondary N) is 1. The molecular weight excluding hydrogens is 396 g/mol. The van der Waals surface area contributed by atoms with Gasteiger partial charge in [-0.15, -0.1) is 5.10 Å². The molecule has 1 aliphatic heterocycles. The minimum atomic E-state index is -1.22. The van der Waals surface area contributed by atoms with Crippen LogP contribution in [0.3, 0.4) is 0 Å². The Kier molecular flexibility index (Phi) is 6.50. The van der Waals surface area contributed by atoms with Crippen molar-refractivity contribution in [3.05, 3.63) is 0 Å². The highest BCUT2D eigenvalue weighted by Crippen LogP contribution is 2.32. The zero-order chi connectivity index (χ0) is 20.4. The number of aliphatic hydroxyl groups is 3. The average molecular weight is 425 g/mol. The maximum Gasteiger partial charge on any atom is 0.191 e. The molecule has 0 aromatic carbocycles. The van der Waals surface area contributed by atoms with E-state index in [-0.39, 0.29) is 6.10 Å². The molecule has 1 aliphatic carbocycles. The first kappa shape index (κ1) is 20.7. The summed E-state index contributed by atoms with van der Waals surface area (Å²) in [6.07, 6.45) is 0.758. The molecule has 1 saturated carbocycles. The van der Waals surface area contributed by atoms with Gasteiger partial charge in [-0.05, 0) is 32.1 Å². The van der Waals surface area contributed by atoms with Gasteiger partial charge in [0.15, 0.2) is 22.1 Å². The van der Waals surface area contributed by atoms with Crippen LogP contribution in [0.25, 0.3) is 11.2 Å². The highest BCUT2D eigenvalue weighted by Gasteiger charge is 2.39. The van der Waals surface area contributed by atoms with Crippen LogP contribution in [0.2, 0.25) is 0 Å². The number of rotatable bonds is 7. The van der Waals surface area contributed by atoms with Crippen LogP contribution < -0.4 is 5.32 Å². The molecule has 2 aliphatic rings. The smallest absolute Gasteiger partial charge is 0.191 e. The number of aliphatic hydroxyl groups excluding tert-OH is 3. The first-order chi connectivity index (χ1) is 14.1. The van der Waals surface area contributed by atoms with Gasteiger partial charge in [0, 0.05) is 18.9 Å². The molecule has 2 fully saturated rings. The Balaban J connectivity index is 1.66. The molecule has 3 heterocycles. The van der Waals surface area contributed by atoms with E-state index < -0.39 is 24.4 Å². The molecule has 2 aromatic heterocycles. The van der Waals surface area contributed by atoms with Crippen molar-refractivity contribution >= 4 is 28.7 Å². The quantitative estimate of drug-likeness (QED) is 0.372. The number of ether oxygens (including phenoxy) is 1. The van der Waals surface area contributed by atoms with Crippen molar-refractivity contribution in [2.24, 2.45) is 0 Å². The van der Waals surface area contributed by atoms with Gasteiger partial charge < -0.3 is 25.4 Å². The van der Waals surface area contributed by atoms with Crippen LogP contribution in [-0.2, 0) is 4.74 Å². The van der Waals surface area contributed by atoms with Gasteiger partial charge in [0.1, 0.15) is 12.2 Å². The van der Waals surface area contributed by atoms with E-state index in [4.69, 9.17) is 4.74 Å². The highest BCUT2D eigenvalue weighted by atomic mass is 32.2. The average Bonchev–Trinajstić information content (AvgIpc) is 3.39. The fourth-order valence-corrected chi connectivity index (χ4v) is 4.53. The first-order valence-corrected chi connectivity index (χ1v) is 11.2. The van der Waals surface area contributed by atoms with Gasteiger partial charge in [-0.3, -0.25) is 0 Å². The summed E-state index contributed by atoms with van der Waals surface area (Å²) in [4.78, 5) is 9.25. The molecule has 0 radical (unpaired) electrons. The summed E-state index contributed by atoms with van der Waals surface area (Å²) in [6.45, 7) is 3.51. The fraction of sp³-hybridized carbons (Fsp3) is 0.778. The fourth-order valence-electron chi connectivity index (χ4n) is 3.84. The van der Waals surface area contributed by atoms with Crippen molar-refractivity contribution in [3.63, 3.8) is 0 Å². The van der Waals surface area contributed by atoms with Crippen molar-refractivity contribution < 1.29 is 20.1 Å². The van der Waals surface area contributed by atoms with E-state index in [1.54, 1.807) is 16.4 Å². The Morgan fingerprint density at radius 3 is 2.79 bits per heavy atom. The predicted molar refractivity (Wildman–Crippen MR) is 108 cm³/mol. The van der Waals surface area contributed by atoms with Crippen LogP contribution in [0.15, 0.2) is 5.16 Å². The van der Waals surface area contributed by atoms with E-state index >= 15 is 0 Å². The van der Waals surface area contributed by atoms with Gasteiger partial charge >= 0.3 is 0 Å². The lowest BCUT2D eigenvalue weighted by molar-refractivity contribution is -0.107. The normalized spacial score (nSPS) is 30.1. The number of nitrogens with zero attached hydrogens (tertiary/aromatic N) is 5. The van der Waals surface area contributed by atoms with Gasteiger partial charge in [-0.2, -0.15) is 0 Å². The SMILES string of the molecule is CCCSc1nc(NC[C@@H]2CCCO2)c2nnn([C@@H]3CC[C@H](O)[C@@H](O)[C@H]3O)c2n1. The minimum Gasteiger partial charge on any atom is -0.390 e. The van der Waals surface area contributed by atoms with Gasteiger partial charge in [0.25, 0.3) is 0 Å². The summed E-state index contributed by atoms with van der Waals surface area (Å²) in [5, 5.41) is 42.8. The van der Waals surface area contributed by atoms with Crippen LogP contribution in [-0.4, -0.2) is 83.6 Å².